The SMILES string of the molecule is CCCCCCCCCCC(CCCCCCCC)Cc1[c]([Sn]([CH2]CCC)([CH2]CCC)[CH2]CCC)c(C=O)c2cc3c[c]([Sn]([CH2]CCC)([CH2]CCC)[CH2]CCC)ccc3cc2c1CC(CCCCCCCC)CCCCCCCCCC. The molecule has 0 radical (unpaired) electrons. The standard InChI is InChI=1S/C55H88O.6C4H9.2Sn/c1-5-9-13-17-21-23-27-30-36-47(35-29-25-19-15-11-7-3)41-51-43-52(46-56)54-44-49-39-33-34-40-50(49)45-55(54)53(51)42-48(37-31-26-20-16-12-8-4)38-32-28-24-22-18-14-10-6-2;6*1-3-4-2;;/h34,39-40,44-48H,5-32,35-38,41-42H2,1-4H3;6*1,3-4H2,2H3;;. The van der Waals surface area contributed by atoms with Gasteiger partial charge in [0.2, 0.25) is 0 Å². The Morgan fingerprint density at radius 1 is 0.317 bits per heavy atom. The normalized spacial score (nSPS) is 13.0. The van der Waals surface area contributed by atoms with Crippen molar-refractivity contribution in [1.82, 2.24) is 0 Å². The van der Waals surface area contributed by atoms with Gasteiger partial charge in [-0.3, -0.25) is 0 Å². The summed E-state index contributed by atoms with van der Waals surface area (Å²) in [5.41, 5.74) is 4.80. The first-order valence-electron chi connectivity index (χ1n) is 37.8. The Hall–Kier alpha value is -0.553. The van der Waals surface area contributed by atoms with Gasteiger partial charge >= 0.3 is 487 Å². The van der Waals surface area contributed by atoms with Crippen LogP contribution in [0.2, 0.25) is 26.6 Å². The number of unbranched alkanes of at least 4 members (excludes halogenated alkanes) is 30. The van der Waals surface area contributed by atoms with E-state index in [2.05, 4.69) is 99.6 Å². The second kappa shape index (κ2) is 48.4. The van der Waals surface area contributed by atoms with Gasteiger partial charge in [0.25, 0.3) is 0 Å². The summed E-state index contributed by atoms with van der Waals surface area (Å²) >= 11 is -6.08. The predicted molar refractivity (Wildman–Crippen MR) is 381 cm³/mol. The molecule has 2 unspecified atom stereocenters. The average molecular weight is 1350 g/mol. The Kier molecular flexibility index (Phi) is 44.7. The quantitative estimate of drug-likeness (QED) is 0.0238. The fourth-order valence-electron chi connectivity index (χ4n) is 15.4. The number of benzene rings is 3. The summed E-state index contributed by atoms with van der Waals surface area (Å²) in [4.78, 5) is 15.0. The zero-order chi connectivity index (χ0) is 59.4. The van der Waals surface area contributed by atoms with Gasteiger partial charge in [-0.05, 0) is 0 Å². The predicted octanol–water partition coefficient (Wildman–Crippen LogP) is 26.8. The van der Waals surface area contributed by atoms with Gasteiger partial charge in [-0.2, -0.15) is 0 Å². The number of carbonyl (C=O) groups excluding carboxylic acids is 1. The molecule has 0 aromatic heterocycles. The summed E-state index contributed by atoms with van der Waals surface area (Å²) in [5, 5.41) is 5.80. The minimum atomic E-state index is -3.33. The zero-order valence-electron chi connectivity index (χ0n) is 57.3. The molecule has 0 N–H and O–H groups in total. The van der Waals surface area contributed by atoms with Crippen LogP contribution in [0.25, 0.3) is 21.5 Å². The van der Waals surface area contributed by atoms with Crippen LogP contribution < -0.4 is 7.16 Å². The van der Waals surface area contributed by atoms with E-state index in [4.69, 9.17) is 0 Å². The topological polar surface area (TPSA) is 17.1 Å². The Morgan fingerprint density at radius 3 is 0.963 bits per heavy atom. The van der Waals surface area contributed by atoms with Gasteiger partial charge in [0.05, 0.1) is 0 Å². The molecule has 0 aliphatic heterocycles. The molecule has 0 saturated heterocycles. The van der Waals surface area contributed by atoms with Crippen molar-refractivity contribution in [3.63, 3.8) is 0 Å². The summed E-state index contributed by atoms with van der Waals surface area (Å²) in [6, 6.07) is 13.5. The zero-order valence-corrected chi connectivity index (χ0v) is 63.0. The molecular formula is C79H142OSn2. The number of fused-ring (bicyclic) bond motifs is 2. The second-order valence-corrected chi connectivity index (χ2v) is 54.0. The molecule has 3 heteroatoms. The third kappa shape index (κ3) is 27.9. The van der Waals surface area contributed by atoms with Crippen LogP contribution in [-0.2, 0) is 12.8 Å². The van der Waals surface area contributed by atoms with E-state index in [1.165, 1.54) is 355 Å². The van der Waals surface area contributed by atoms with Crippen LogP contribution in [0.4, 0.5) is 0 Å². The van der Waals surface area contributed by atoms with E-state index in [1.807, 2.05) is 0 Å². The van der Waals surface area contributed by atoms with E-state index in [0.717, 1.165) is 0 Å². The molecule has 0 aliphatic rings. The van der Waals surface area contributed by atoms with Gasteiger partial charge < -0.3 is 0 Å². The minimum Gasteiger partial charge on any atom is -0.0654 e. The van der Waals surface area contributed by atoms with Gasteiger partial charge in [0.15, 0.2) is 0 Å². The van der Waals surface area contributed by atoms with Crippen molar-refractivity contribution in [2.75, 3.05) is 0 Å². The van der Waals surface area contributed by atoms with Crippen LogP contribution in [0.5, 0.6) is 0 Å². The molecule has 0 saturated carbocycles. The van der Waals surface area contributed by atoms with Crippen LogP contribution in [0.1, 0.15) is 373 Å². The van der Waals surface area contributed by atoms with E-state index in [-0.39, 0.29) is 0 Å². The van der Waals surface area contributed by atoms with Crippen LogP contribution in [-0.4, -0.2) is 43.0 Å². The van der Waals surface area contributed by atoms with Crippen LogP contribution >= 0.6 is 0 Å². The number of rotatable bonds is 57. The molecular weight excluding hydrogens is 1200 g/mol. The van der Waals surface area contributed by atoms with Gasteiger partial charge in [0.1, 0.15) is 0 Å². The van der Waals surface area contributed by atoms with E-state index < -0.39 is 36.8 Å². The number of carbonyl (C=O) groups is 1. The van der Waals surface area contributed by atoms with Crippen molar-refractivity contribution in [3.8, 4) is 0 Å². The van der Waals surface area contributed by atoms with Crippen molar-refractivity contribution >= 4 is 71.7 Å². The molecule has 3 aromatic carbocycles. The Balaban J connectivity index is 2.57. The first-order valence-corrected chi connectivity index (χ1v) is 52.7. The molecule has 3 rings (SSSR count). The molecule has 0 heterocycles. The number of hydrogen-bond donors (Lipinski definition) is 0. The van der Waals surface area contributed by atoms with E-state index in [1.54, 1.807) is 18.3 Å². The maximum atomic E-state index is 15.0. The first kappa shape index (κ1) is 75.7. The van der Waals surface area contributed by atoms with E-state index in [0.29, 0.717) is 11.8 Å². The monoisotopic (exact) mass is 1350 g/mol. The summed E-state index contributed by atoms with van der Waals surface area (Å²) in [6.07, 6.45) is 64.4. The summed E-state index contributed by atoms with van der Waals surface area (Å²) < 4.78 is 12.4. The Bertz CT molecular complexity index is 1970. The van der Waals surface area contributed by atoms with Crippen molar-refractivity contribution in [3.05, 3.63) is 47.0 Å². The van der Waals surface area contributed by atoms with E-state index >= 15 is 4.79 Å². The van der Waals surface area contributed by atoms with E-state index in [9.17, 15) is 0 Å². The van der Waals surface area contributed by atoms with Crippen LogP contribution in [0.15, 0.2) is 30.3 Å². The molecule has 0 aliphatic carbocycles. The Labute approximate surface area is 522 Å². The summed E-state index contributed by atoms with van der Waals surface area (Å²) in [7, 11) is 0. The fraction of sp³-hybridized carbons (Fsp3) is 0.810. The van der Waals surface area contributed by atoms with Crippen LogP contribution in [0, 0.1) is 11.8 Å². The molecule has 2 atom stereocenters. The third-order valence-electron chi connectivity index (χ3n) is 20.7. The van der Waals surface area contributed by atoms with Gasteiger partial charge in [-0.1, -0.05) is 40.0 Å². The molecule has 3 aromatic rings. The molecule has 0 fully saturated rings. The summed E-state index contributed by atoms with van der Waals surface area (Å²) in [5.74, 6) is 1.42. The number of hydrogen-bond acceptors (Lipinski definition) is 1. The van der Waals surface area contributed by atoms with Gasteiger partial charge in [-0.25, -0.2) is 0 Å². The maximum absolute atomic E-state index is 15.0. The molecule has 472 valence electrons. The average Bonchev–Trinajstić information content (AvgIpc) is 3.18. The van der Waals surface area contributed by atoms with Crippen molar-refractivity contribution in [2.45, 2.75) is 391 Å². The third-order valence-corrected chi connectivity index (χ3v) is 52.2. The van der Waals surface area contributed by atoms with Crippen molar-refractivity contribution < 1.29 is 4.79 Å². The van der Waals surface area contributed by atoms with Gasteiger partial charge in [-0.15, -0.1) is 0 Å². The molecule has 1 nitrogen and oxygen atoms in total. The van der Waals surface area contributed by atoms with Crippen molar-refractivity contribution in [1.29, 1.82) is 0 Å². The van der Waals surface area contributed by atoms with Crippen LogP contribution in [0.3, 0.4) is 0 Å². The number of aldehydes is 1. The van der Waals surface area contributed by atoms with Crippen molar-refractivity contribution in [2.24, 2.45) is 11.8 Å². The molecule has 0 amide bonds. The summed E-state index contributed by atoms with van der Waals surface area (Å²) in [6.45, 7) is 24.2. The molecule has 0 spiro atoms. The minimum absolute atomic E-state index is 0.705. The fourth-order valence-corrected chi connectivity index (χ4v) is 49.2. The molecule has 82 heavy (non-hydrogen) atoms. The van der Waals surface area contributed by atoms with Gasteiger partial charge in [0, 0.05) is 0 Å². The Morgan fingerprint density at radius 2 is 0.622 bits per heavy atom. The second-order valence-electron chi connectivity index (χ2n) is 27.8. The smallest absolute Gasteiger partial charge is 0.0654 e. The first-order chi connectivity index (χ1) is 40.3. The molecule has 0 bridgehead atoms.